The van der Waals surface area contributed by atoms with E-state index in [4.69, 9.17) is 0 Å². The summed E-state index contributed by atoms with van der Waals surface area (Å²) in [5.41, 5.74) is 0.351. The molecule has 20 heavy (non-hydrogen) atoms. The normalized spacial score (nSPS) is 26.1. The summed E-state index contributed by atoms with van der Waals surface area (Å²) in [7, 11) is 1.59. The number of anilines is 1. The molecular weight excluding hydrogens is 254 g/mol. The van der Waals surface area contributed by atoms with E-state index in [0.29, 0.717) is 11.7 Å². The maximum atomic E-state index is 11.4. The first-order chi connectivity index (χ1) is 9.76. The predicted molar refractivity (Wildman–Crippen MR) is 76.7 cm³/mol. The Hall–Kier alpha value is -1.69. The second-order valence-corrected chi connectivity index (χ2v) is 5.58. The van der Waals surface area contributed by atoms with Gasteiger partial charge < -0.3 is 15.5 Å². The number of piperidine rings is 1. The Morgan fingerprint density at radius 1 is 1.30 bits per heavy atom. The van der Waals surface area contributed by atoms with Crippen molar-refractivity contribution >= 4 is 11.7 Å². The van der Waals surface area contributed by atoms with E-state index in [0.717, 1.165) is 18.3 Å². The van der Waals surface area contributed by atoms with Gasteiger partial charge in [0.2, 0.25) is 0 Å². The first-order valence-corrected chi connectivity index (χ1v) is 7.32. The van der Waals surface area contributed by atoms with Gasteiger partial charge in [0.05, 0.1) is 0 Å². The minimum atomic E-state index is -0.205. The Labute approximate surface area is 118 Å². The molecule has 0 bridgehead atoms. The molecule has 1 aromatic rings. The van der Waals surface area contributed by atoms with Gasteiger partial charge in [-0.1, -0.05) is 0 Å². The standard InChI is InChI=1S/C14H21N5O/c1-15-14(20)12-4-5-13(18-17-12)16-10-6-8-19-7-2-3-11(19)9-10/h4-5,10-11H,2-3,6-9H2,1H3,(H,15,20)(H,16,18). The molecule has 2 saturated heterocycles. The fourth-order valence-electron chi connectivity index (χ4n) is 3.22. The number of nitrogens with one attached hydrogen (secondary N) is 2. The number of fused-ring (bicyclic) bond motifs is 1. The third-order valence-corrected chi connectivity index (χ3v) is 4.30. The molecule has 6 heteroatoms. The first kappa shape index (κ1) is 13.3. The van der Waals surface area contributed by atoms with Gasteiger partial charge in [0, 0.05) is 25.7 Å². The first-order valence-electron chi connectivity index (χ1n) is 7.32. The summed E-state index contributed by atoms with van der Waals surface area (Å²) in [6.07, 6.45) is 4.98. The van der Waals surface area contributed by atoms with Crippen molar-refractivity contribution in [1.82, 2.24) is 20.4 Å². The van der Waals surface area contributed by atoms with Crippen LogP contribution in [0.15, 0.2) is 12.1 Å². The van der Waals surface area contributed by atoms with Crippen molar-refractivity contribution in [3.8, 4) is 0 Å². The zero-order valence-corrected chi connectivity index (χ0v) is 11.8. The van der Waals surface area contributed by atoms with Gasteiger partial charge in [-0.15, -0.1) is 10.2 Å². The number of hydrogen-bond donors (Lipinski definition) is 2. The minimum absolute atomic E-state index is 0.205. The zero-order chi connectivity index (χ0) is 13.9. The monoisotopic (exact) mass is 275 g/mol. The van der Waals surface area contributed by atoms with Gasteiger partial charge in [0.15, 0.2) is 5.69 Å². The highest BCUT2D eigenvalue weighted by Gasteiger charge is 2.31. The van der Waals surface area contributed by atoms with E-state index < -0.39 is 0 Å². The SMILES string of the molecule is CNC(=O)c1ccc(NC2CCN3CCCC3C2)nn1. The van der Waals surface area contributed by atoms with Crippen molar-refractivity contribution in [2.24, 2.45) is 0 Å². The van der Waals surface area contributed by atoms with Crippen LogP contribution < -0.4 is 10.6 Å². The Morgan fingerprint density at radius 2 is 2.20 bits per heavy atom. The van der Waals surface area contributed by atoms with Crippen LogP contribution in [0.3, 0.4) is 0 Å². The van der Waals surface area contributed by atoms with Gasteiger partial charge in [-0.05, 0) is 44.4 Å². The van der Waals surface area contributed by atoms with Crippen LogP contribution in [0.2, 0.25) is 0 Å². The van der Waals surface area contributed by atoms with Crippen molar-refractivity contribution in [2.45, 2.75) is 37.8 Å². The summed E-state index contributed by atoms with van der Waals surface area (Å²) in [6.45, 7) is 2.43. The van der Waals surface area contributed by atoms with Crippen molar-refractivity contribution in [3.63, 3.8) is 0 Å². The van der Waals surface area contributed by atoms with Gasteiger partial charge in [0.25, 0.3) is 5.91 Å². The molecule has 0 spiro atoms. The summed E-state index contributed by atoms with van der Waals surface area (Å²) in [5, 5.41) is 14.0. The fraction of sp³-hybridized carbons (Fsp3) is 0.643. The molecule has 1 aromatic heterocycles. The number of hydrogen-bond acceptors (Lipinski definition) is 5. The molecule has 2 N–H and O–H groups in total. The quantitative estimate of drug-likeness (QED) is 0.857. The summed E-state index contributed by atoms with van der Waals surface area (Å²) in [5.74, 6) is 0.553. The Morgan fingerprint density at radius 3 is 2.95 bits per heavy atom. The number of carbonyl (C=O) groups is 1. The number of carbonyl (C=O) groups excluding carboxylic acids is 1. The Bertz CT molecular complexity index is 475. The van der Waals surface area contributed by atoms with E-state index in [1.54, 1.807) is 13.1 Å². The molecule has 1 amide bonds. The Kier molecular flexibility index (Phi) is 3.82. The van der Waals surface area contributed by atoms with Crippen molar-refractivity contribution < 1.29 is 4.79 Å². The van der Waals surface area contributed by atoms with Gasteiger partial charge in [-0.3, -0.25) is 4.79 Å². The smallest absolute Gasteiger partial charge is 0.271 e. The van der Waals surface area contributed by atoms with E-state index in [2.05, 4.69) is 25.7 Å². The molecule has 2 atom stereocenters. The summed E-state index contributed by atoms with van der Waals surface area (Å²) < 4.78 is 0. The molecule has 6 nitrogen and oxygen atoms in total. The third kappa shape index (κ3) is 2.75. The maximum absolute atomic E-state index is 11.4. The largest absolute Gasteiger partial charge is 0.366 e. The van der Waals surface area contributed by atoms with E-state index in [9.17, 15) is 4.79 Å². The van der Waals surface area contributed by atoms with Crippen LogP contribution in [-0.4, -0.2) is 53.2 Å². The molecule has 2 aliphatic rings. The lowest BCUT2D eigenvalue weighted by Crippen LogP contribution is -2.42. The molecule has 108 valence electrons. The van der Waals surface area contributed by atoms with Gasteiger partial charge >= 0.3 is 0 Å². The van der Waals surface area contributed by atoms with Crippen LogP contribution in [-0.2, 0) is 0 Å². The van der Waals surface area contributed by atoms with E-state index in [1.165, 1.54) is 32.4 Å². The molecular formula is C14H21N5O. The molecule has 0 radical (unpaired) electrons. The van der Waals surface area contributed by atoms with Gasteiger partial charge in [-0.25, -0.2) is 0 Å². The average Bonchev–Trinajstić information content (AvgIpc) is 2.95. The topological polar surface area (TPSA) is 70.2 Å². The van der Waals surface area contributed by atoms with Crippen LogP contribution in [0.4, 0.5) is 5.82 Å². The average molecular weight is 275 g/mol. The number of rotatable bonds is 3. The number of aromatic nitrogens is 2. The predicted octanol–water partition coefficient (Wildman–Crippen LogP) is 0.875. The summed E-state index contributed by atoms with van der Waals surface area (Å²) in [6, 6.07) is 4.74. The van der Waals surface area contributed by atoms with Crippen LogP contribution >= 0.6 is 0 Å². The molecule has 0 aliphatic carbocycles. The van der Waals surface area contributed by atoms with Gasteiger partial charge in [-0.2, -0.15) is 0 Å². The highest BCUT2D eigenvalue weighted by molar-refractivity contribution is 5.91. The molecule has 0 saturated carbocycles. The van der Waals surface area contributed by atoms with Crippen molar-refractivity contribution in [1.29, 1.82) is 0 Å². The molecule has 3 heterocycles. The van der Waals surface area contributed by atoms with Gasteiger partial charge in [0.1, 0.15) is 5.82 Å². The van der Waals surface area contributed by atoms with Crippen LogP contribution in [0.5, 0.6) is 0 Å². The summed E-state index contributed by atoms with van der Waals surface area (Å²) in [4.78, 5) is 14.0. The molecule has 0 aromatic carbocycles. The minimum Gasteiger partial charge on any atom is -0.366 e. The van der Waals surface area contributed by atoms with E-state index in [1.807, 2.05) is 6.07 Å². The second-order valence-electron chi connectivity index (χ2n) is 5.58. The third-order valence-electron chi connectivity index (χ3n) is 4.30. The number of nitrogens with zero attached hydrogens (tertiary/aromatic N) is 3. The van der Waals surface area contributed by atoms with Crippen LogP contribution in [0, 0.1) is 0 Å². The van der Waals surface area contributed by atoms with Crippen LogP contribution in [0.25, 0.3) is 0 Å². The lowest BCUT2D eigenvalue weighted by atomic mass is 9.97. The number of amides is 1. The molecule has 2 aliphatic heterocycles. The maximum Gasteiger partial charge on any atom is 0.271 e. The van der Waals surface area contributed by atoms with Crippen molar-refractivity contribution in [2.75, 3.05) is 25.5 Å². The highest BCUT2D eigenvalue weighted by Crippen LogP contribution is 2.28. The molecule has 2 fully saturated rings. The van der Waals surface area contributed by atoms with Crippen molar-refractivity contribution in [3.05, 3.63) is 17.8 Å². The lowest BCUT2D eigenvalue weighted by Gasteiger charge is -2.35. The summed E-state index contributed by atoms with van der Waals surface area (Å²) >= 11 is 0. The Balaban J connectivity index is 1.59. The fourth-order valence-corrected chi connectivity index (χ4v) is 3.22. The van der Waals surface area contributed by atoms with E-state index in [-0.39, 0.29) is 5.91 Å². The molecule has 3 rings (SSSR count). The van der Waals surface area contributed by atoms with E-state index >= 15 is 0 Å². The molecule has 2 unspecified atom stereocenters. The zero-order valence-electron chi connectivity index (χ0n) is 11.8. The van der Waals surface area contributed by atoms with Crippen LogP contribution in [0.1, 0.15) is 36.2 Å². The second kappa shape index (κ2) is 5.75. The highest BCUT2D eigenvalue weighted by atomic mass is 16.1. The lowest BCUT2D eigenvalue weighted by molar-refractivity contribution is 0.0957.